The van der Waals surface area contributed by atoms with Crippen LogP contribution in [-0.2, 0) is 14.3 Å². The molecule has 9 heteroatoms. The number of urea groups is 1. The molecule has 0 bridgehead atoms. The highest BCUT2D eigenvalue weighted by Gasteiger charge is 2.33. The van der Waals surface area contributed by atoms with Gasteiger partial charge in [0.15, 0.2) is 6.61 Å². The summed E-state index contributed by atoms with van der Waals surface area (Å²) in [5.74, 6) is -1.24. The molecule has 150 valence electrons. The molecule has 1 aliphatic carbocycles. The van der Waals surface area contributed by atoms with Crippen molar-refractivity contribution in [3.05, 3.63) is 34.9 Å². The second kappa shape index (κ2) is 9.95. The molecule has 1 aliphatic rings. The van der Waals surface area contributed by atoms with E-state index in [1.807, 2.05) is 0 Å². The van der Waals surface area contributed by atoms with Gasteiger partial charge in [0.1, 0.15) is 5.54 Å². The Labute approximate surface area is 168 Å². The van der Waals surface area contributed by atoms with Gasteiger partial charge in [0, 0.05) is 5.02 Å². The van der Waals surface area contributed by atoms with Crippen molar-refractivity contribution in [3.8, 4) is 6.07 Å². The second-order valence-electron chi connectivity index (χ2n) is 6.75. The molecule has 0 unspecified atom stereocenters. The number of nitrogens with two attached hydrogens (primary N) is 1. The summed E-state index contributed by atoms with van der Waals surface area (Å²) in [5.41, 5.74) is 4.79. The number of ether oxygens (including phenoxy) is 1. The van der Waals surface area contributed by atoms with Crippen LogP contribution in [0.25, 0.3) is 0 Å². The predicted molar refractivity (Wildman–Crippen MR) is 102 cm³/mol. The van der Waals surface area contributed by atoms with E-state index in [0.717, 1.165) is 19.3 Å². The minimum Gasteiger partial charge on any atom is -0.456 e. The number of benzene rings is 1. The van der Waals surface area contributed by atoms with Crippen LogP contribution in [0.15, 0.2) is 24.3 Å². The maximum Gasteiger partial charge on any atom is 0.312 e. The fraction of sp³-hybridized carbons (Fsp3) is 0.474. The summed E-state index contributed by atoms with van der Waals surface area (Å²) < 4.78 is 5.01. The number of primary amides is 1. The quantitative estimate of drug-likeness (QED) is 0.597. The molecule has 28 heavy (non-hydrogen) atoms. The molecule has 4 N–H and O–H groups in total. The average molecular weight is 407 g/mol. The standard InChI is InChI=1S/C19H23ClN4O4/c20-14-7-3-2-6-13(14)15(23-18(22)27)10-17(26)28-11-16(25)24-19(12-21)8-4-1-5-9-19/h2-3,6-7,15H,1,4-5,8-11H2,(H,24,25)(H3,22,23,27)/t15-/m1/s1. The van der Waals surface area contributed by atoms with E-state index in [1.165, 1.54) is 0 Å². The summed E-state index contributed by atoms with van der Waals surface area (Å²) in [5, 5.41) is 14.9. The monoisotopic (exact) mass is 406 g/mol. The van der Waals surface area contributed by atoms with Crippen LogP contribution in [0.2, 0.25) is 5.02 Å². The Balaban J connectivity index is 1.92. The number of hydrogen-bond acceptors (Lipinski definition) is 5. The molecule has 0 spiro atoms. The van der Waals surface area contributed by atoms with Crippen molar-refractivity contribution in [1.82, 2.24) is 10.6 Å². The maximum atomic E-state index is 12.2. The first-order valence-electron chi connectivity index (χ1n) is 9.03. The Morgan fingerprint density at radius 1 is 1.25 bits per heavy atom. The van der Waals surface area contributed by atoms with Crippen LogP contribution < -0.4 is 16.4 Å². The SMILES string of the molecule is N#CC1(NC(=O)COC(=O)C[C@@H](NC(N)=O)c2ccccc2Cl)CCCCC1. The van der Waals surface area contributed by atoms with E-state index in [1.54, 1.807) is 24.3 Å². The largest absolute Gasteiger partial charge is 0.456 e. The van der Waals surface area contributed by atoms with Crippen molar-refractivity contribution >= 4 is 29.5 Å². The minimum absolute atomic E-state index is 0.247. The first kappa shape index (κ1) is 21.5. The Bertz CT molecular complexity index is 771. The van der Waals surface area contributed by atoms with E-state index < -0.39 is 36.1 Å². The number of carbonyl (C=O) groups excluding carboxylic acids is 3. The number of esters is 1. The van der Waals surface area contributed by atoms with Crippen LogP contribution in [-0.4, -0.2) is 30.1 Å². The Morgan fingerprint density at radius 2 is 1.93 bits per heavy atom. The molecule has 0 aliphatic heterocycles. The molecule has 0 saturated heterocycles. The lowest BCUT2D eigenvalue weighted by molar-refractivity contribution is -0.149. The molecular weight excluding hydrogens is 384 g/mol. The van der Waals surface area contributed by atoms with Gasteiger partial charge < -0.3 is 21.1 Å². The third-order valence-electron chi connectivity index (χ3n) is 4.63. The lowest BCUT2D eigenvalue weighted by Gasteiger charge is -2.31. The number of carbonyl (C=O) groups is 3. The first-order chi connectivity index (χ1) is 13.3. The van der Waals surface area contributed by atoms with Gasteiger partial charge in [-0.25, -0.2) is 4.79 Å². The highest BCUT2D eigenvalue weighted by Crippen LogP contribution is 2.28. The van der Waals surface area contributed by atoms with Crippen molar-refractivity contribution in [2.75, 3.05) is 6.61 Å². The number of halogens is 1. The predicted octanol–water partition coefficient (Wildman–Crippen LogP) is 2.33. The van der Waals surface area contributed by atoms with Crippen LogP contribution in [0, 0.1) is 11.3 Å². The zero-order chi connectivity index (χ0) is 20.6. The maximum absolute atomic E-state index is 12.2. The van der Waals surface area contributed by atoms with Crippen molar-refractivity contribution < 1.29 is 19.1 Å². The lowest BCUT2D eigenvalue weighted by atomic mass is 9.83. The first-order valence-corrected chi connectivity index (χ1v) is 9.41. The molecule has 0 radical (unpaired) electrons. The Kier molecular flexibility index (Phi) is 7.64. The molecule has 2 rings (SSSR count). The van der Waals surface area contributed by atoms with Crippen molar-refractivity contribution in [1.29, 1.82) is 5.26 Å². The molecule has 1 fully saturated rings. The molecule has 8 nitrogen and oxygen atoms in total. The van der Waals surface area contributed by atoms with Crippen molar-refractivity contribution in [2.24, 2.45) is 5.73 Å². The van der Waals surface area contributed by atoms with Crippen LogP contribution in [0.4, 0.5) is 4.79 Å². The van der Waals surface area contributed by atoms with Gasteiger partial charge in [-0.2, -0.15) is 5.26 Å². The average Bonchev–Trinajstić information content (AvgIpc) is 2.66. The number of rotatable bonds is 7. The highest BCUT2D eigenvalue weighted by atomic mass is 35.5. The molecule has 1 aromatic rings. The third-order valence-corrected chi connectivity index (χ3v) is 4.98. The van der Waals surface area contributed by atoms with Crippen molar-refractivity contribution in [2.45, 2.75) is 50.1 Å². The van der Waals surface area contributed by atoms with E-state index in [2.05, 4.69) is 16.7 Å². The third kappa shape index (κ3) is 6.13. The fourth-order valence-electron chi connectivity index (χ4n) is 3.26. The topological polar surface area (TPSA) is 134 Å². The van der Waals surface area contributed by atoms with Gasteiger partial charge in [-0.05, 0) is 24.5 Å². The molecule has 1 saturated carbocycles. The number of nitrogens with zero attached hydrogens (tertiary/aromatic N) is 1. The van der Waals surface area contributed by atoms with E-state index in [-0.39, 0.29) is 6.42 Å². The van der Waals surface area contributed by atoms with Crippen LogP contribution in [0.5, 0.6) is 0 Å². The van der Waals surface area contributed by atoms with Gasteiger partial charge in [-0.3, -0.25) is 9.59 Å². The van der Waals surface area contributed by atoms with E-state index in [9.17, 15) is 19.6 Å². The second-order valence-corrected chi connectivity index (χ2v) is 7.16. The molecule has 0 aromatic heterocycles. The van der Waals surface area contributed by atoms with Crippen molar-refractivity contribution in [3.63, 3.8) is 0 Å². The van der Waals surface area contributed by atoms with Crippen LogP contribution >= 0.6 is 11.6 Å². The van der Waals surface area contributed by atoms with E-state index >= 15 is 0 Å². The zero-order valence-electron chi connectivity index (χ0n) is 15.4. The molecular formula is C19H23ClN4O4. The summed E-state index contributed by atoms with van der Waals surface area (Å²) in [6.45, 7) is -0.506. The molecule has 1 atom stereocenters. The van der Waals surface area contributed by atoms with Crippen LogP contribution in [0.1, 0.15) is 50.1 Å². The fourth-order valence-corrected chi connectivity index (χ4v) is 3.53. The normalized spacial score (nSPS) is 16.3. The highest BCUT2D eigenvalue weighted by molar-refractivity contribution is 6.31. The number of amides is 3. The lowest BCUT2D eigenvalue weighted by Crippen LogP contribution is -2.50. The summed E-state index contributed by atoms with van der Waals surface area (Å²) in [6.07, 6.45) is 3.69. The molecule has 3 amide bonds. The summed E-state index contributed by atoms with van der Waals surface area (Å²) >= 11 is 6.11. The Hall–Kier alpha value is -2.79. The minimum atomic E-state index is -0.893. The van der Waals surface area contributed by atoms with Gasteiger partial charge in [0.05, 0.1) is 18.5 Å². The summed E-state index contributed by atoms with van der Waals surface area (Å²) in [4.78, 5) is 35.5. The van der Waals surface area contributed by atoms with Crippen LogP contribution in [0.3, 0.4) is 0 Å². The number of nitrogens with one attached hydrogen (secondary N) is 2. The van der Waals surface area contributed by atoms with Gasteiger partial charge >= 0.3 is 12.0 Å². The molecule has 0 heterocycles. The smallest absolute Gasteiger partial charge is 0.312 e. The van der Waals surface area contributed by atoms with Gasteiger partial charge in [-0.1, -0.05) is 49.1 Å². The number of nitriles is 1. The van der Waals surface area contributed by atoms with E-state index in [4.69, 9.17) is 22.1 Å². The Morgan fingerprint density at radius 3 is 2.54 bits per heavy atom. The van der Waals surface area contributed by atoms with Gasteiger partial charge in [-0.15, -0.1) is 0 Å². The number of hydrogen-bond donors (Lipinski definition) is 3. The summed E-state index contributed by atoms with van der Waals surface area (Å²) in [6, 6.07) is 7.27. The van der Waals surface area contributed by atoms with Gasteiger partial charge in [0.2, 0.25) is 0 Å². The van der Waals surface area contributed by atoms with Gasteiger partial charge in [0.25, 0.3) is 5.91 Å². The molecule has 1 aromatic carbocycles. The summed E-state index contributed by atoms with van der Waals surface area (Å²) in [7, 11) is 0. The van der Waals surface area contributed by atoms with E-state index in [0.29, 0.717) is 23.4 Å². The zero-order valence-corrected chi connectivity index (χ0v) is 16.1.